The minimum absolute atomic E-state index is 0.624. The third kappa shape index (κ3) is 6.53. The average molecular weight is 540 g/mol. The van der Waals surface area contributed by atoms with Crippen LogP contribution in [0, 0.1) is 11.8 Å². The number of allylic oxidation sites excluding steroid dienone is 2. The molecule has 0 amide bonds. The van der Waals surface area contributed by atoms with Gasteiger partial charge in [0, 0.05) is 41.0 Å². The molecule has 2 aromatic heterocycles. The Bertz CT molecular complexity index is 1320. The highest BCUT2D eigenvalue weighted by Gasteiger charge is 2.30. The number of ether oxygens (including phenoxy) is 1. The number of hydrogen-bond acceptors (Lipinski definition) is 5. The number of benzene rings is 1. The lowest BCUT2D eigenvalue weighted by atomic mass is 9.86. The first-order chi connectivity index (χ1) is 19.2. The molecule has 4 nitrogen and oxygen atoms in total. The normalized spacial score (nSPS) is 23.0. The first-order valence-corrected chi connectivity index (χ1v) is 15.7. The predicted octanol–water partition coefficient (Wildman–Crippen LogP) is 8.95. The molecule has 1 aromatic carbocycles. The quantitative estimate of drug-likeness (QED) is 0.280. The van der Waals surface area contributed by atoms with E-state index in [9.17, 15) is 0 Å². The van der Waals surface area contributed by atoms with E-state index in [-0.39, 0.29) is 0 Å². The van der Waals surface area contributed by atoms with Gasteiger partial charge in [-0.05, 0) is 104 Å². The van der Waals surface area contributed by atoms with E-state index in [1.54, 1.807) is 23.8 Å². The maximum absolute atomic E-state index is 5.32. The summed E-state index contributed by atoms with van der Waals surface area (Å²) >= 11 is 1.94. The summed E-state index contributed by atoms with van der Waals surface area (Å²) in [7, 11) is 1.68. The lowest BCUT2D eigenvalue weighted by Crippen LogP contribution is -2.26. The van der Waals surface area contributed by atoms with Crippen LogP contribution in [0.25, 0.3) is 16.7 Å². The second kappa shape index (κ2) is 12.2. The number of aliphatic imine (C=N–C) groups is 1. The number of rotatable bonds is 10. The van der Waals surface area contributed by atoms with Gasteiger partial charge in [-0.3, -0.25) is 4.98 Å². The summed E-state index contributed by atoms with van der Waals surface area (Å²) in [4.78, 5) is 10.7. The third-order valence-electron chi connectivity index (χ3n) is 8.93. The standard InChI is InChI=1S/C34H41N3OS/c1-23(6-9-26-5-3-4-16-36-34-32(26)19-33(39-34)27-12-13-27)28-14-15-30(17-28)37-20-24-7-10-25(11-8-24)29-18-31(38-2)22-35-21-29/h5,7-8,10-11,16,18-19,21-23,27-28,30,37H,3-4,6,9,12-15,17,20H2,1-2H3/b26-5-,36-16?/t23?,28-,30+/m1/s1. The number of aromatic nitrogens is 1. The lowest BCUT2D eigenvalue weighted by Gasteiger charge is -2.21. The zero-order valence-corrected chi connectivity index (χ0v) is 24.2. The topological polar surface area (TPSA) is 46.5 Å². The summed E-state index contributed by atoms with van der Waals surface area (Å²) in [6.07, 6.45) is 19.6. The van der Waals surface area contributed by atoms with E-state index >= 15 is 0 Å². The van der Waals surface area contributed by atoms with Crippen LogP contribution >= 0.6 is 11.3 Å². The van der Waals surface area contributed by atoms with Crippen LogP contribution in [0.3, 0.4) is 0 Å². The van der Waals surface area contributed by atoms with Crippen molar-refractivity contribution in [3.63, 3.8) is 0 Å². The number of pyridine rings is 1. The minimum Gasteiger partial charge on any atom is -0.495 e. The molecule has 2 aliphatic carbocycles. The highest BCUT2D eigenvalue weighted by molar-refractivity contribution is 7.16. The highest BCUT2D eigenvalue weighted by Crippen LogP contribution is 2.49. The van der Waals surface area contributed by atoms with Crippen molar-refractivity contribution in [1.29, 1.82) is 0 Å². The second-order valence-corrected chi connectivity index (χ2v) is 12.8. The molecule has 204 valence electrons. The van der Waals surface area contributed by atoms with Crippen LogP contribution < -0.4 is 10.1 Å². The number of methoxy groups -OCH3 is 1. The molecule has 0 saturated heterocycles. The summed E-state index contributed by atoms with van der Waals surface area (Å²) in [6.45, 7) is 3.42. The number of nitrogens with one attached hydrogen (secondary N) is 1. The molecule has 1 N–H and O–H groups in total. The molecule has 0 bridgehead atoms. The van der Waals surface area contributed by atoms with E-state index in [4.69, 9.17) is 9.73 Å². The fourth-order valence-electron chi connectivity index (χ4n) is 6.22. The van der Waals surface area contributed by atoms with E-state index < -0.39 is 0 Å². The minimum atomic E-state index is 0.624. The van der Waals surface area contributed by atoms with Crippen LogP contribution in [0.2, 0.25) is 0 Å². The monoisotopic (exact) mass is 539 g/mol. The van der Waals surface area contributed by atoms with Crippen molar-refractivity contribution in [2.24, 2.45) is 16.8 Å². The summed E-state index contributed by atoms with van der Waals surface area (Å²) in [5.74, 6) is 3.18. The molecule has 0 radical (unpaired) electrons. The Hall–Kier alpha value is -2.76. The molecule has 6 rings (SSSR count). The van der Waals surface area contributed by atoms with E-state index in [2.05, 4.69) is 59.8 Å². The van der Waals surface area contributed by atoms with Gasteiger partial charge in [-0.2, -0.15) is 0 Å². The predicted molar refractivity (Wildman–Crippen MR) is 164 cm³/mol. The van der Waals surface area contributed by atoms with Gasteiger partial charge >= 0.3 is 0 Å². The van der Waals surface area contributed by atoms with E-state index in [0.717, 1.165) is 48.5 Å². The number of thiophene rings is 1. The van der Waals surface area contributed by atoms with E-state index in [1.807, 2.05) is 23.6 Å². The van der Waals surface area contributed by atoms with Crippen molar-refractivity contribution in [2.45, 2.75) is 83.2 Å². The van der Waals surface area contributed by atoms with Crippen LogP contribution in [-0.4, -0.2) is 24.4 Å². The molecule has 0 spiro atoms. The molecule has 3 aliphatic rings. The van der Waals surface area contributed by atoms with Gasteiger partial charge < -0.3 is 10.1 Å². The Balaban J connectivity index is 0.991. The smallest absolute Gasteiger partial charge is 0.137 e. The zero-order valence-electron chi connectivity index (χ0n) is 23.4. The first-order valence-electron chi connectivity index (χ1n) is 14.8. The zero-order chi connectivity index (χ0) is 26.6. The summed E-state index contributed by atoms with van der Waals surface area (Å²) in [6, 6.07) is 14.0. The van der Waals surface area contributed by atoms with Crippen molar-refractivity contribution in [3.8, 4) is 16.9 Å². The van der Waals surface area contributed by atoms with Crippen LogP contribution in [0.4, 0.5) is 5.00 Å². The molecular weight excluding hydrogens is 498 g/mol. The maximum atomic E-state index is 5.32. The second-order valence-electron chi connectivity index (χ2n) is 11.7. The Morgan fingerprint density at radius 3 is 2.72 bits per heavy atom. The molecule has 3 atom stereocenters. The van der Waals surface area contributed by atoms with Crippen LogP contribution in [-0.2, 0) is 6.54 Å². The Labute approximate surface area is 237 Å². The van der Waals surface area contributed by atoms with Gasteiger partial charge in [0.2, 0.25) is 0 Å². The average Bonchev–Trinajstić information content (AvgIpc) is 3.56. The Kier molecular flexibility index (Phi) is 8.26. The molecule has 1 aliphatic heterocycles. The maximum Gasteiger partial charge on any atom is 0.137 e. The Morgan fingerprint density at radius 1 is 1.03 bits per heavy atom. The lowest BCUT2D eigenvalue weighted by molar-refractivity contribution is 0.339. The molecule has 2 saturated carbocycles. The molecule has 1 unspecified atom stereocenters. The van der Waals surface area contributed by atoms with Crippen molar-refractivity contribution in [1.82, 2.24) is 10.3 Å². The summed E-state index contributed by atoms with van der Waals surface area (Å²) in [5, 5.41) is 5.11. The van der Waals surface area contributed by atoms with Crippen molar-refractivity contribution in [2.75, 3.05) is 7.11 Å². The van der Waals surface area contributed by atoms with Crippen LogP contribution in [0.5, 0.6) is 5.75 Å². The van der Waals surface area contributed by atoms with Crippen LogP contribution in [0.15, 0.2) is 59.9 Å². The fourth-order valence-corrected chi connectivity index (χ4v) is 7.45. The van der Waals surface area contributed by atoms with Gasteiger partial charge in [0.25, 0.3) is 0 Å². The van der Waals surface area contributed by atoms with Gasteiger partial charge in [0.1, 0.15) is 10.8 Å². The van der Waals surface area contributed by atoms with E-state index in [0.29, 0.717) is 6.04 Å². The molecule has 2 fully saturated rings. The van der Waals surface area contributed by atoms with E-state index in [1.165, 1.54) is 66.6 Å². The Morgan fingerprint density at radius 2 is 1.90 bits per heavy atom. The van der Waals surface area contributed by atoms with Gasteiger partial charge in [-0.15, -0.1) is 11.3 Å². The molecule has 3 aromatic rings. The van der Waals surface area contributed by atoms with Crippen molar-refractivity contribution >= 4 is 28.1 Å². The number of fused-ring (bicyclic) bond motifs is 1. The van der Waals surface area contributed by atoms with Gasteiger partial charge in [-0.25, -0.2) is 4.99 Å². The SMILES string of the molecule is COc1cncc(-c2ccc(CN[C@H]3CC[C@@H](C(C)CC/C4=C/CCC=Nc5sc(C6CC6)cc54)C3)cc2)c1. The number of hydrogen-bond donors (Lipinski definition) is 1. The molecule has 3 heterocycles. The molecule has 5 heteroatoms. The van der Waals surface area contributed by atoms with Crippen molar-refractivity contribution in [3.05, 3.63) is 70.9 Å². The molecule has 39 heavy (non-hydrogen) atoms. The summed E-state index contributed by atoms with van der Waals surface area (Å²) in [5.41, 5.74) is 6.58. The largest absolute Gasteiger partial charge is 0.495 e. The summed E-state index contributed by atoms with van der Waals surface area (Å²) < 4.78 is 5.32. The van der Waals surface area contributed by atoms with Gasteiger partial charge in [0.05, 0.1) is 13.3 Å². The first kappa shape index (κ1) is 26.5. The highest BCUT2D eigenvalue weighted by atomic mass is 32.1. The number of nitrogens with zero attached hydrogens (tertiary/aromatic N) is 2. The fraction of sp³-hybridized carbons (Fsp3) is 0.471. The van der Waals surface area contributed by atoms with Gasteiger partial charge in [-0.1, -0.05) is 37.3 Å². The van der Waals surface area contributed by atoms with Gasteiger partial charge in [0.15, 0.2) is 0 Å². The van der Waals surface area contributed by atoms with Crippen LogP contribution in [0.1, 0.15) is 86.6 Å². The molecular formula is C34H41N3OS. The van der Waals surface area contributed by atoms with Crippen molar-refractivity contribution < 1.29 is 4.74 Å². The third-order valence-corrected chi connectivity index (χ3v) is 10.1.